The maximum absolute atomic E-state index is 2.75. The smallest absolute Gasteiger partial charge is 0.0904 e. The van der Waals surface area contributed by atoms with E-state index < -0.39 is 23.3 Å². The molecule has 1 aliphatic heterocycles. The van der Waals surface area contributed by atoms with E-state index in [2.05, 4.69) is 89.1 Å². The van der Waals surface area contributed by atoms with Crippen LogP contribution in [0.15, 0.2) is 12.1 Å². The topological polar surface area (TPSA) is 0 Å². The van der Waals surface area contributed by atoms with Crippen LogP contribution < -0.4 is 14.9 Å². The number of hydrogen-bond donors (Lipinski definition) is 0. The number of thiophene rings is 2. The van der Waals surface area contributed by atoms with Gasteiger partial charge in [0.2, 0.25) is 0 Å². The van der Waals surface area contributed by atoms with Gasteiger partial charge in [0.1, 0.15) is 0 Å². The zero-order chi connectivity index (χ0) is 18.6. The van der Waals surface area contributed by atoms with Crippen LogP contribution in [0, 0.1) is 6.92 Å². The van der Waals surface area contributed by atoms with E-state index in [0.717, 1.165) is 0 Å². The molecule has 1 aliphatic rings. The molecule has 0 aromatic carbocycles. The van der Waals surface area contributed by atoms with E-state index in [-0.39, 0.29) is 0 Å². The lowest BCUT2D eigenvalue weighted by Crippen LogP contribution is -2.76. The molecule has 25 heavy (non-hydrogen) atoms. The van der Waals surface area contributed by atoms with Gasteiger partial charge in [0.05, 0.1) is 23.3 Å². The summed E-state index contributed by atoms with van der Waals surface area (Å²) in [7, 11) is -4.14. The Morgan fingerprint density at radius 3 is 1.64 bits per heavy atom. The number of aryl methyl sites for hydroxylation is 1. The molecule has 0 aliphatic carbocycles. The molecule has 2 aromatic rings. The van der Waals surface area contributed by atoms with E-state index in [0.29, 0.717) is 0 Å². The van der Waals surface area contributed by atoms with Crippen molar-refractivity contribution in [2.24, 2.45) is 0 Å². The molecular weight excluding hydrogens is 389 g/mol. The summed E-state index contributed by atoms with van der Waals surface area (Å²) in [6, 6.07) is 11.1. The minimum absolute atomic E-state index is 1.26. The summed E-state index contributed by atoms with van der Waals surface area (Å²) in [5.74, 6) is 0. The van der Waals surface area contributed by atoms with E-state index >= 15 is 0 Å². The van der Waals surface area contributed by atoms with Crippen molar-refractivity contribution in [2.75, 3.05) is 0 Å². The van der Waals surface area contributed by atoms with Crippen LogP contribution in [0.25, 0.3) is 9.75 Å². The Morgan fingerprint density at radius 2 is 1.20 bits per heavy atom. The van der Waals surface area contributed by atoms with E-state index in [1.54, 1.807) is 14.3 Å². The monoisotopic (exact) mass is 422 g/mol. The molecule has 0 fully saturated rings. The Labute approximate surface area is 165 Å². The van der Waals surface area contributed by atoms with Crippen LogP contribution in [0.3, 0.4) is 0 Å². The zero-order valence-corrected chi connectivity index (χ0v) is 21.9. The van der Waals surface area contributed by atoms with Gasteiger partial charge < -0.3 is 0 Å². The Kier molecular flexibility index (Phi) is 5.22. The molecule has 0 radical (unpaired) electrons. The van der Waals surface area contributed by atoms with Crippen molar-refractivity contribution in [1.29, 1.82) is 0 Å². The predicted molar refractivity (Wildman–Crippen MR) is 128 cm³/mol. The maximum Gasteiger partial charge on any atom is 0.0904 e. The molecule has 138 valence electrons. The van der Waals surface area contributed by atoms with Crippen LogP contribution in [0.5, 0.6) is 0 Å². The molecule has 3 heterocycles. The predicted octanol–water partition coefficient (Wildman–Crippen LogP) is 5.81. The molecule has 5 heteroatoms. The second kappa shape index (κ2) is 6.59. The van der Waals surface area contributed by atoms with Crippen molar-refractivity contribution < 1.29 is 0 Å². The molecule has 2 aromatic heterocycles. The van der Waals surface area contributed by atoms with Gasteiger partial charge in [-0.3, -0.25) is 0 Å². The first kappa shape index (κ1) is 19.8. The molecular formula is C20H34S2Si3. The highest BCUT2D eigenvalue weighted by molar-refractivity contribution is 7.54. The van der Waals surface area contributed by atoms with Gasteiger partial charge in [0.15, 0.2) is 0 Å². The Balaban J connectivity index is 2.43. The second-order valence-corrected chi connectivity index (χ2v) is 30.5. The SMILES string of the molecule is CC[Si]1(CC)c2cc(C)sc2-c2sc([Si](C)(C)C)cc2[Si]1(CC)CC. The minimum atomic E-state index is -1.45. The molecule has 0 nitrogen and oxygen atoms in total. The number of rotatable bonds is 5. The van der Waals surface area contributed by atoms with E-state index in [9.17, 15) is 0 Å². The fourth-order valence-electron chi connectivity index (χ4n) is 5.45. The normalized spacial score (nSPS) is 18.1. The summed E-state index contributed by atoms with van der Waals surface area (Å²) >= 11 is 4.28. The van der Waals surface area contributed by atoms with Crippen molar-refractivity contribution >= 4 is 60.8 Å². The highest BCUT2D eigenvalue weighted by Gasteiger charge is 2.58. The van der Waals surface area contributed by atoms with Gasteiger partial charge in [0.25, 0.3) is 0 Å². The third kappa shape index (κ3) is 2.60. The van der Waals surface area contributed by atoms with Gasteiger partial charge >= 0.3 is 0 Å². The molecule has 0 bridgehead atoms. The van der Waals surface area contributed by atoms with E-state index in [4.69, 9.17) is 0 Å². The minimum Gasteiger partial charge on any atom is -0.144 e. The van der Waals surface area contributed by atoms with Crippen molar-refractivity contribution in [3.63, 3.8) is 0 Å². The highest BCUT2D eigenvalue weighted by Crippen LogP contribution is 2.45. The maximum atomic E-state index is 2.75. The summed E-state index contributed by atoms with van der Waals surface area (Å²) in [6.45, 7) is 20.0. The third-order valence-electron chi connectivity index (χ3n) is 6.89. The van der Waals surface area contributed by atoms with Gasteiger partial charge in [-0.25, -0.2) is 0 Å². The first-order valence-electron chi connectivity index (χ1n) is 9.96. The summed E-state index contributed by atoms with van der Waals surface area (Å²) in [5, 5.41) is 3.76. The summed E-state index contributed by atoms with van der Waals surface area (Å²) in [4.78, 5) is 4.95. The molecule has 0 unspecified atom stereocenters. The molecule has 3 rings (SSSR count). The first-order valence-corrected chi connectivity index (χ1v) is 20.9. The van der Waals surface area contributed by atoms with Crippen LogP contribution in [0.1, 0.15) is 32.6 Å². The first-order chi connectivity index (χ1) is 11.7. The van der Waals surface area contributed by atoms with Gasteiger partial charge in [-0.2, -0.15) is 0 Å². The Morgan fingerprint density at radius 1 is 0.760 bits per heavy atom. The summed E-state index contributed by atoms with van der Waals surface area (Å²) in [5.41, 5.74) is 0. The molecule has 0 amide bonds. The second-order valence-electron chi connectivity index (χ2n) is 8.78. The Bertz CT molecular complexity index is 771. The standard InChI is InChI=1S/C20H34S2Si3/c1-9-24(10-2)16-13-15(5)21-19(16)20-17(25(24,11-3)12-4)14-18(22-20)23(6,7)8/h13-14H,9-12H2,1-8H3. The van der Waals surface area contributed by atoms with Gasteiger partial charge in [-0.05, 0) is 27.9 Å². The van der Waals surface area contributed by atoms with E-state index in [1.807, 2.05) is 10.4 Å². The average Bonchev–Trinajstić information content (AvgIpc) is 3.17. The van der Waals surface area contributed by atoms with Crippen molar-refractivity contribution in [3.05, 3.63) is 17.0 Å². The molecule has 0 saturated heterocycles. The lowest BCUT2D eigenvalue weighted by Gasteiger charge is -2.50. The van der Waals surface area contributed by atoms with Gasteiger partial charge in [-0.1, -0.05) is 77.6 Å². The van der Waals surface area contributed by atoms with Crippen molar-refractivity contribution in [3.8, 4) is 9.75 Å². The van der Waals surface area contributed by atoms with Crippen LogP contribution >= 0.6 is 22.7 Å². The fourth-order valence-corrected chi connectivity index (χ4v) is 32.7. The molecule has 0 saturated carbocycles. The molecule has 0 spiro atoms. The number of fused-ring (bicyclic) bond motifs is 3. The summed E-state index contributed by atoms with van der Waals surface area (Å²) in [6.07, 6.45) is 0. The largest absolute Gasteiger partial charge is 0.144 e. The van der Waals surface area contributed by atoms with Crippen LogP contribution in [0.4, 0.5) is 0 Å². The summed E-state index contributed by atoms with van der Waals surface area (Å²) < 4.78 is 1.74. The van der Waals surface area contributed by atoms with Crippen LogP contribution in [0.2, 0.25) is 43.8 Å². The van der Waals surface area contributed by atoms with Gasteiger partial charge in [-0.15, -0.1) is 22.7 Å². The molecule has 0 atom stereocenters. The van der Waals surface area contributed by atoms with Crippen molar-refractivity contribution in [2.45, 2.75) is 78.4 Å². The fraction of sp³-hybridized carbons (Fsp3) is 0.600. The lowest BCUT2D eigenvalue weighted by atomic mass is 10.3. The Hall–Kier alpha value is 0.0506. The van der Waals surface area contributed by atoms with Crippen LogP contribution in [-0.4, -0.2) is 23.3 Å². The highest BCUT2D eigenvalue weighted by atomic mass is 32.1. The van der Waals surface area contributed by atoms with Crippen molar-refractivity contribution in [1.82, 2.24) is 0 Å². The third-order valence-corrected chi connectivity index (χ3v) is 34.1. The average molecular weight is 423 g/mol. The lowest BCUT2D eigenvalue weighted by molar-refractivity contribution is 1.24. The van der Waals surface area contributed by atoms with E-state index in [1.165, 1.54) is 29.1 Å². The molecule has 0 N–H and O–H groups in total. The van der Waals surface area contributed by atoms with Gasteiger partial charge in [0, 0.05) is 14.6 Å². The number of hydrogen-bond acceptors (Lipinski definition) is 2. The quantitative estimate of drug-likeness (QED) is 0.533. The van der Waals surface area contributed by atoms with Crippen LogP contribution in [-0.2, 0) is 0 Å². The zero-order valence-electron chi connectivity index (χ0n) is 17.3.